The monoisotopic (exact) mass is 967 g/mol. The molecular weight excluding hydrogens is 855 g/mol. The predicted molar refractivity (Wildman–Crippen MR) is 283 cm³/mol. The van der Waals surface area contributed by atoms with Gasteiger partial charge in [-0.2, -0.15) is 8.78 Å². The second-order valence-electron chi connectivity index (χ2n) is 21.6. The number of amides is 1. The molecule has 1 saturated heterocycles. The average Bonchev–Trinajstić information content (AvgIpc) is 3.33. The third-order valence-corrected chi connectivity index (χ3v) is 15.1. The van der Waals surface area contributed by atoms with Crippen LogP contribution >= 0.6 is 0 Å². The molecule has 1 aliphatic rings. The molecule has 7 nitrogen and oxygen atoms in total. The number of unbranched alkanes of at least 4 members (excludes halogenated alkanes) is 22. The average molecular weight is 968 g/mol. The Morgan fingerprint density at radius 3 is 1.29 bits per heavy atom. The van der Waals surface area contributed by atoms with Crippen LogP contribution in [0.2, 0.25) is 0 Å². The van der Waals surface area contributed by atoms with Crippen LogP contribution in [0.25, 0.3) is 0 Å². The summed E-state index contributed by atoms with van der Waals surface area (Å²) in [7, 11) is 2.12. The topological polar surface area (TPSA) is 76.2 Å². The third-order valence-electron chi connectivity index (χ3n) is 15.1. The van der Waals surface area contributed by atoms with Crippen molar-refractivity contribution < 1.29 is 32.6 Å². The number of carbonyl (C=O) groups excluding carboxylic acids is 3. The van der Waals surface area contributed by atoms with Crippen molar-refractivity contribution in [3.05, 3.63) is 0 Å². The van der Waals surface area contributed by atoms with E-state index in [1.165, 1.54) is 77.0 Å². The van der Waals surface area contributed by atoms with Gasteiger partial charge in [-0.1, -0.05) is 202 Å². The minimum atomic E-state index is -3.34. The van der Waals surface area contributed by atoms with E-state index < -0.39 is 11.8 Å². The highest BCUT2D eigenvalue weighted by molar-refractivity contribution is 5.83. The van der Waals surface area contributed by atoms with E-state index in [9.17, 15) is 14.4 Å². The summed E-state index contributed by atoms with van der Waals surface area (Å²) >= 11 is 0. The lowest BCUT2D eigenvalue weighted by molar-refractivity contribution is -0.162. The zero-order valence-electron chi connectivity index (χ0n) is 45.8. The standard InChI is InChI=1S/C59H112F2N2O5/c1-7-12-17-28-35-46-59(60,61)58(66)63(49-52-44-47-62(6)48-45-52)55(40-31-24-20-22-26-33-42-56(64)67-50-53(36-15-10-4)38-29-18-13-8-2)41-32-25-21-23-27-34-43-57(65)68-51-54(37-16-11-5)39-30-19-14-9-3/h52-55H,7-51H2,1-6H3. The number of esters is 2. The van der Waals surface area contributed by atoms with Gasteiger partial charge in [0.1, 0.15) is 0 Å². The van der Waals surface area contributed by atoms with Crippen molar-refractivity contribution in [3.63, 3.8) is 0 Å². The molecule has 0 aliphatic carbocycles. The van der Waals surface area contributed by atoms with Crippen molar-refractivity contribution in [2.45, 2.75) is 303 Å². The van der Waals surface area contributed by atoms with Gasteiger partial charge in [0.15, 0.2) is 0 Å². The molecular formula is C59H112F2N2O5. The molecule has 1 fully saturated rings. The van der Waals surface area contributed by atoms with Crippen molar-refractivity contribution in [3.8, 4) is 0 Å². The van der Waals surface area contributed by atoms with E-state index in [4.69, 9.17) is 9.47 Å². The van der Waals surface area contributed by atoms with Gasteiger partial charge >= 0.3 is 17.9 Å². The van der Waals surface area contributed by atoms with Crippen molar-refractivity contribution in [2.24, 2.45) is 17.8 Å². The highest BCUT2D eigenvalue weighted by Crippen LogP contribution is 2.31. The number of nitrogens with zero attached hydrogens (tertiary/aromatic N) is 2. The summed E-state index contributed by atoms with van der Waals surface area (Å²) < 4.78 is 43.4. The van der Waals surface area contributed by atoms with Gasteiger partial charge in [0.05, 0.1) is 13.2 Å². The maximum atomic E-state index is 15.9. The normalized spacial score (nSPS) is 15.1. The van der Waals surface area contributed by atoms with Crippen LogP contribution in [0.15, 0.2) is 0 Å². The second-order valence-corrected chi connectivity index (χ2v) is 21.6. The molecule has 0 aromatic carbocycles. The second kappa shape index (κ2) is 44.0. The smallest absolute Gasteiger partial charge is 0.324 e. The van der Waals surface area contributed by atoms with Crippen LogP contribution in [0.1, 0.15) is 291 Å². The maximum absolute atomic E-state index is 15.9. The maximum Gasteiger partial charge on any atom is 0.324 e. The Kier molecular flexibility index (Phi) is 41.5. The van der Waals surface area contributed by atoms with Crippen LogP contribution in [-0.4, -0.2) is 79.5 Å². The Bertz CT molecular complexity index is 1120. The Hall–Kier alpha value is -1.77. The van der Waals surface area contributed by atoms with Gasteiger partial charge in [-0.05, 0) is 109 Å². The van der Waals surface area contributed by atoms with E-state index in [-0.39, 0.29) is 30.3 Å². The lowest BCUT2D eigenvalue weighted by atomic mass is 9.92. The Labute approximate surface area is 419 Å². The Morgan fingerprint density at radius 1 is 0.500 bits per heavy atom. The molecule has 2 unspecified atom stereocenters. The lowest BCUT2D eigenvalue weighted by Crippen LogP contribution is -2.51. The fourth-order valence-electron chi connectivity index (χ4n) is 10.3. The molecule has 2 atom stereocenters. The molecule has 0 aromatic rings. The number of alkyl halides is 2. The first-order valence-electron chi connectivity index (χ1n) is 29.7. The van der Waals surface area contributed by atoms with Gasteiger partial charge in [-0.15, -0.1) is 0 Å². The van der Waals surface area contributed by atoms with E-state index >= 15 is 8.78 Å². The van der Waals surface area contributed by atoms with E-state index in [0.717, 1.165) is 167 Å². The molecule has 1 heterocycles. The first-order chi connectivity index (χ1) is 33.0. The molecule has 68 heavy (non-hydrogen) atoms. The van der Waals surface area contributed by atoms with E-state index in [1.54, 1.807) is 4.90 Å². The van der Waals surface area contributed by atoms with Crippen LogP contribution in [0.4, 0.5) is 8.78 Å². The molecule has 0 N–H and O–H groups in total. The van der Waals surface area contributed by atoms with Gasteiger partial charge in [-0.25, -0.2) is 0 Å². The fraction of sp³-hybridized carbons (Fsp3) is 0.949. The molecule has 0 radical (unpaired) electrons. The third kappa shape index (κ3) is 34.5. The van der Waals surface area contributed by atoms with Crippen LogP contribution in [0.3, 0.4) is 0 Å². The number of rotatable bonds is 48. The van der Waals surface area contributed by atoms with Gasteiger partial charge in [0.25, 0.3) is 5.91 Å². The highest BCUT2D eigenvalue weighted by atomic mass is 19.3. The van der Waals surface area contributed by atoms with Gasteiger partial charge in [-0.3, -0.25) is 14.4 Å². The summed E-state index contributed by atoms with van der Waals surface area (Å²) in [5.74, 6) is -3.19. The SMILES string of the molecule is CCCCCCCC(F)(F)C(=O)N(CC1CCN(C)CC1)C(CCCCCCCCC(=O)OCC(CCCC)CCCCCC)CCCCCCCCC(=O)OCC(CCCC)CCCCCC. The van der Waals surface area contributed by atoms with E-state index in [1.807, 2.05) is 0 Å². The molecule has 9 heteroatoms. The number of ether oxygens (including phenoxy) is 2. The summed E-state index contributed by atoms with van der Waals surface area (Å²) in [6.45, 7) is 14.5. The molecule has 0 aromatic heterocycles. The van der Waals surface area contributed by atoms with Gasteiger partial charge in [0, 0.05) is 31.8 Å². The summed E-state index contributed by atoms with van der Waals surface area (Å²) in [6, 6.07) is -0.182. The molecule has 1 aliphatic heterocycles. The first-order valence-corrected chi connectivity index (χ1v) is 29.7. The predicted octanol–water partition coefficient (Wildman–Crippen LogP) is 17.4. The van der Waals surface area contributed by atoms with Gasteiger partial charge in [0.2, 0.25) is 0 Å². The number of hydrogen-bond donors (Lipinski definition) is 0. The largest absolute Gasteiger partial charge is 0.465 e. The Balaban J connectivity index is 2.76. The quantitative estimate of drug-likeness (QED) is 0.0447. The van der Waals surface area contributed by atoms with Crippen LogP contribution in [0, 0.1) is 17.8 Å². The molecule has 402 valence electrons. The van der Waals surface area contributed by atoms with Gasteiger partial charge < -0.3 is 19.3 Å². The van der Waals surface area contributed by atoms with Crippen molar-refractivity contribution in [1.29, 1.82) is 0 Å². The summed E-state index contributed by atoms with van der Waals surface area (Å²) in [5.41, 5.74) is 0. The number of halogens is 2. The molecule has 1 rings (SSSR count). The molecule has 0 saturated carbocycles. The molecule has 0 bridgehead atoms. The zero-order valence-corrected chi connectivity index (χ0v) is 45.8. The minimum absolute atomic E-state index is 0.0652. The van der Waals surface area contributed by atoms with Crippen molar-refractivity contribution >= 4 is 17.8 Å². The Morgan fingerprint density at radius 2 is 0.853 bits per heavy atom. The fourth-order valence-corrected chi connectivity index (χ4v) is 10.3. The lowest BCUT2D eigenvalue weighted by Gasteiger charge is -2.39. The highest BCUT2D eigenvalue weighted by Gasteiger charge is 2.44. The zero-order chi connectivity index (χ0) is 49.9. The summed E-state index contributed by atoms with van der Waals surface area (Å²) in [6.07, 6.45) is 39.1. The van der Waals surface area contributed by atoms with Crippen LogP contribution in [0.5, 0.6) is 0 Å². The minimum Gasteiger partial charge on any atom is -0.465 e. The van der Waals surface area contributed by atoms with Crippen LogP contribution in [-0.2, 0) is 23.9 Å². The number of likely N-dealkylation sites (tertiary alicyclic amines) is 1. The summed E-state index contributed by atoms with van der Waals surface area (Å²) in [4.78, 5) is 43.3. The van der Waals surface area contributed by atoms with Crippen LogP contribution < -0.4 is 0 Å². The molecule has 0 spiro atoms. The number of carbonyl (C=O) groups is 3. The van der Waals surface area contributed by atoms with Crippen molar-refractivity contribution in [2.75, 3.05) is 39.9 Å². The number of piperidine rings is 1. The van der Waals surface area contributed by atoms with Crippen molar-refractivity contribution in [1.82, 2.24) is 9.80 Å². The van der Waals surface area contributed by atoms with E-state index in [0.29, 0.717) is 50.9 Å². The van der Waals surface area contributed by atoms with E-state index in [2.05, 4.69) is 46.6 Å². The first kappa shape index (κ1) is 64.2. The summed E-state index contributed by atoms with van der Waals surface area (Å²) in [5, 5.41) is 0. The number of hydrogen-bond acceptors (Lipinski definition) is 6. The molecule has 1 amide bonds.